The maximum Gasteiger partial charge on any atom is 0.338 e. The lowest BCUT2D eigenvalue weighted by atomic mass is 9.98. The fourth-order valence-corrected chi connectivity index (χ4v) is 3.55. The Morgan fingerprint density at radius 1 is 0.931 bits per heavy atom. The average Bonchev–Trinajstić information content (AvgIpc) is 2.74. The van der Waals surface area contributed by atoms with Crippen molar-refractivity contribution in [1.29, 1.82) is 0 Å². The van der Waals surface area contributed by atoms with Crippen molar-refractivity contribution in [3.05, 3.63) is 94.3 Å². The van der Waals surface area contributed by atoms with E-state index in [9.17, 15) is 14.7 Å². The molecule has 1 heterocycles. The molecule has 0 saturated carbocycles. The van der Waals surface area contributed by atoms with Gasteiger partial charge in [0.1, 0.15) is 5.75 Å². The van der Waals surface area contributed by atoms with Crippen LogP contribution in [0.3, 0.4) is 0 Å². The zero-order valence-electron chi connectivity index (χ0n) is 16.0. The monoisotopic (exact) mass is 385 g/mol. The second-order valence-electron chi connectivity index (χ2n) is 6.78. The van der Waals surface area contributed by atoms with Crippen LogP contribution in [0.15, 0.2) is 77.6 Å². The molecule has 0 aliphatic carbocycles. The predicted molar refractivity (Wildman–Crippen MR) is 113 cm³/mol. The summed E-state index contributed by atoms with van der Waals surface area (Å²) in [4.78, 5) is 25.8. The summed E-state index contributed by atoms with van der Waals surface area (Å²) in [5.41, 5.74) is 2.37. The zero-order valence-corrected chi connectivity index (χ0v) is 16.0. The molecule has 4 aromatic rings. The van der Waals surface area contributed by atoms with Crippen LogP contribution in [0.5, 0.6) is 5.75 Å². The summed E-state index contributed by atoms with van der Waals surface area (Å²) in [5.74, 6) is -0.519. The molecule has 4 rings (SSSR count). The molecule has 29 heavy (non-hydrogen) atoms. The number of nitrogens with zero attached hydrogens (tertiary/aromatic N) is 1. The smallest absolute Gasteiger partial charge is 0.338 e. The summed E-state index contributed by atoms with van der Waals surface area (Å²) in [7, 11) is 1.55. The summed E-state index contributed by atoms with van der Waals surface area (Å²) in [6.07, 6.45) is 0. The van der Waals surface area contributed by atoms with Crippen molar-refractivity contribution in [2.45, 2.75) is 6.92 Å². The quantitative estimate of drug-likeness (QED) is 0.554. The molecular weight excluding hydrogens is 366 g/mol. The third-order valence-corrected chi connectivity index (χ3v) is 4.94. The third-order valence-electron chi connectivity index (χ3n) is 4.94. The molecular formula is C24H19NO4. The number of carboxylic acids is 1. The number of hydrogen-bond acceptors (Lipinski definition) is 3. The number of methoxy groups -OCH3 is 1. The highest BCUT2D eigenvalue weighted by Gasteiger charge is 2.23. The highest BCUT2D eigenvalue weighted by molar-refractivity contribution is 6.08. The predicted octanol–water partition coefficient (Wildman–Crippen LogP) is 4.67. The van der Waals surface area contributed by atoms with Crippen LogP contribution in [0.4, 0.5) is 0 Å². The number of aromatic carboxylic acids is 1. The molecule has 0 saturated heterocycles. The first-order valence-corrected chi connectivity index (χ1v) is 9.14. The maximum atomic E-state index is 13.5. The molecule has 0 spiro atoms. The molecule has 5 heteroatoms. The van der Waals surface area contributed by atoms with E-state index in [2.05, 4.69) is 0 Å². The lowest BCUT2D eigenvalue weighted by molar-refractivity contribution is 0.0699. The highest BCUT2D eigenvalue weighted by Crippen LogP contribution is 2.32. The van der Waals surface area contributed by atoms with E-state index in [0.29, 0.717) is 33.5 Å². The van der Waals surface area contributed by atoms with Crippen LogP contribution in [-0.2, 0) is 0 Å². The van der Waals surface area contributed by atoms with E-state index in [-0.39, 0.29) is 11.1 Å². The van der Waals surface area contributed by atoms with E-state index in [1.165, 1.54) is 4.57 Å². The van der Waals surface area contributed by atoms with Crippen molar-refractivity contribution in [2.75, 3.05) is 7.11 Å². The summed E-state index contributed by atoms with van der Waals surface area (Å²) in [6, 6.07) is 21.3. The minimum Gasteiger partial charge on any atom is -0.497 e. The molecule has 144 valence electrons. The Balaban J connectivity index is 2.22. The second-order valence-corrected chi connectivity index (χ2v) is 6.78. The molecule has 0 amide bonds. The first-order valence-electron chi connectivity index (χ1n) is 9.14. The van der Waals surface area contributed by atoms with Gasteiger partial charge in [-0.1, -0.05) is 48.0 Å². The zero-order chi connectivity index (χ0) is 20.5. The molecule has 0 aliphatic heterocycles. The Morgan fingerprint density at radius 2 is 1.62 bits per heavy atom. The van der Waals surface area contributed by atoms with Gasteiger partial charge in [0.25, 0.3) is 5.56 Å². The number of carbonyl (C=O) groups is 1. The van der Waals surface area contributed by atoms with Crippen LogP contribution in [0.25, 0.3) is 27.7 Å². The van der Waals surface area contributed by atoms with Crippen LogP contribution in [0.1, 0.15) is 15.9 Å². The number of hydrogen-bond donors (Lipinski definition) is 1. The van der Waals surface area contributed by atoms with Crippen LogP contribution >= 0.6 is 0 Å². The number of aryl methyl sites for hydroxylation is 1. The Hall–Kier alpha value is -3.86. The number of ether oxygens (including phenoxy) is 1. The van der Waals surface area contributed by atoms with Crippen LogP contribution in [0, 0.1) is 6.92 Å². The Morgan fingerprint density at radius 3 is 2.28 bits per heavy atom. The van der Waals surface area contributed by atoms with Gasteiger partial charge in [0.05, 0.1) is 18.4 Å². The SMILES string of the molecule is COc1cccc(-c2c(C(=O)O)c3ccccc3c(=O)n2-c2ccc(C)cc2)c1. The molecule has 0 atom stereocenters. The fourth-order valence-electron chi connectivity index (χ4n) is 3.55. The van der Waals surface area contributed by atoms with E-state index in [4.69, 9.17) is 4.74 Å². The summed E-state index contributed by atoms with van der Waals surface area (Å²) < 4.78 is 6.79. The van der Waals surface area contributed by atoms with Gasteiger partial charge < -0.3 is 9.84 Å². The highest BCUT2D eigenvalue weighted by atomic mass is 16.5. The minimum absolute atomic E-state index is 0.0778. The van der Waals surface area contributed by atoms with E-state index < -0.39 is 5.97 Å². The van der Waals surface area contributed by atoms with Gasteiger partial charge in [-0.05, 0) is 37.3 Å². The number of carboxylic acid groups (broad SMARTS) is 1. The topological polar surface area (TPSA) is 68.5 Å². The normalized spacial score (nSPS) is 10.8. The van der Waals surface area contributed by atoms with Crippen molar-refractivity contribution < 1.29 is 14.6 Å². The van der Waals surface area contributed by atoms with Crippen molar-refractivity contribution in [2.24, 2.45) is 0 Å². The number of benzene rings is 3. The Kier molecular flexibility index (Phi) is 4.64. The summed E-state index contributed by atoms with van der Waals surface area (Å²) in [5, 5.41) is 10.9. The number of pyridine rings is 1. The molecule has 5 nitrogen and oxygen atoms in total. The van der Waals surface area contributed by atoms with Gasteiger partial charge in [-0.2, -0.15) is 0 Å². The molecule has 0 fully saturated rings. The van der Waals surface area contributed by atoms with E-state index in [1.807, 2.05) is 31.2 Å². The van der Waals surface area contributed by atoms with E-state index in [1.54, 1.807) is 55.6 Å². The number of aromatic nitrogens is 1. The molecule has 1 aromatic heterocycles. The van der Waals surface area contributed by atoms with Crippen molar-refractivity contribution in [3.63, 3.8) is 0 Å². The van der Waals surface area contributed by atoms with E-state index >= 15 is 0 Å². The number of rotatable bonds is 4. The first kappa shape index (κ1) is 18.5. The molecule has 0 radical (unpaired) electrons. The van der Waals surface area contributed by atoms with Crippen LogP contribution < -0.4 is 10.3 Å². The first-order chi connectivity index (χ1) is 14.0. The average molecular weight is 385 g/mol. The van der Waals surface area contributed by atoms with Crippen LogP contribution in [-0.4, -0.2) is 22.8 Å². The van der Waals surface area contributed by atoms with Gasteiger partial charge in [0.15, 0.2) is 0 Å². The van der Waals surface area contributed by atoms with Gasteiger partial charge in [0.2, 0.25) is 0 Å². The summed E-state index contributed by atoms with van der Waals surface area (Å²) >= 11 is 0. The van der Waals surface area contributed by atoms with Gasteiger partial charge >= 0.3 is 5.97 Å². The van der Waals surface area contributed by atoms with Gasteiger partial charge in [-0.3, -0.25) is 9.36 Å². The van der Waals surface area contributed by atoms with Gasteiger partial charge in [-0.25, -0.2) is 4.79 Å². The van der Waals surface area contributed by atoms with Gasteiger partial charge in [-0.15, -0.1) is 0 Å². The van der Waals surface area contributed by atoms with Crippen molar-refractivity contribution in [3.8, 4) is 22.7 Å². The fraction of sp³-hybridized carbons (Fsp3) is 0.0833. The van der Waals surface area contributed by atoms with Crippen molar-refractivity contribution in [1.82, 2.24) is 4.57 Å². The largest absolute Gasteiger partial charge is 0.497 e. The lowest BCUT2D eigenvalue weighted by Crippen LogP contribution is -2.24. The molecule has 1 N–H and O–H groups in total. The lowest BCUT2D eigenvalue weighted by Gasteiger charge is -2.19. The summed E-state index contributed by atoms with van der Waals surface area (Å²) in [6.45, 7) is 1.96. The third kappa shape index (κ3) is 3.17. The van der Waals surface area contributed by atoms with Crippen LogP contribution in [0.2, 0.25) is 0 Å². The van der Waals surface area contributed by atoms with E-state index in [0.717, 1.165) is 5.56 Å². The maximum absolute atomic E-state index is 13.5. The standard InChI is InChI=1S/C24H19NO4/c1-15-10-12-17(13-11-15)25-22(16-6-5-7-18(14-16)29-2)21(24(27)28)19-8-3-4-9-20(19)23(25)26/h3-14H,1-2H3,(H,27,28). The molecule has 0 unspecified atom stereocenters. The number of fused-ring (bicyclic) bond motifs is 1. The molecule has 0 aliphatic rings. The molecule has 3 aromatic carbocycles. The Labute approximate surface area is 167 Å². The van der Waals surface area contributed by atoms with Crippen molar-refractivity contribution >= 4 is 16.7 Å². The Bertz CT molecular complexity index is 1290. The van der Waals surface area contributed by atoms with Gasteiger partial charge in [0, 0.05) is 22.0 Å². The molecule has 0 bridgehead atoms. The minimum atomic E-state index is -1.10. The second kappa shape index (κ2) is 7.28.